The number of hydrogen-bond acceptors (Lipinski definition) is 1. The summed E-state index contributed by atoms with van der Waals surface area (Å²) in [4.78, 5) is 0. The Kier molecular flexibility index (Phi) is 6.26. The number of halogens is 2. The maximum atomic E-state index is 14.8. The maximum absolute atomic E-state index is 14.8. The average molecular weight is 419 g/mol. The van der Waals surface area contributed by atoms with Crippen LogP contribution in [0.15, 0.2) is 109 Å². The van der Waals surface area contributed by atoms with Gasteiger partial charge in [0.05, 0.1) is 0 Å². The predicted octanol–water partition coefficient (Wildman–Crippen LogP) is 6.59. The second kappa shape index (κ2) is 9.24. The molecule has 0 aliphatic heterocycles. The lowest BCUT2D eigenvalue weighted by Crippen LogP contribution is -2.24. The van der Waals surface area contributed by atoms with Gasteiger partial charge in [0.2, 0.25) is 0 Å². The molecule has 150 valence electrons. The van der Waals surface area contributed by atoms with Crippen LogP contribution in [0.4, 0.5) is 8.78 Å². The van der Waals surface area contributed by atoms with Crippen molar-refractivity contribution in [1.82, 2.24) is 0 Å². The minimum absolute atomic E-state index is 0.333. The molecule has 0 spiro atoms. The van der Waals surface area contributed by atoms with Crippen LogP contribution in [0.1, 0.15) is 32.8 Å². The highest BCUT2D eigenvalue weighted by atomic mass is 32.2. The molecule has 4 rings (SSSR count). The third-order valence-electron chi connectivity index (χ3n) is 5.04. The minimum Gasteiger partial charge on any atom is -0.615 e. The first-order valence-electron chi connectivity index (χ1n) is 9.65. The van der Waals surface area contributed by atoms with Crippen LogP contribution in [0.25, 0.3) is 0 Å². The standard InChI is InChI=1S/C26H20F2OS/c27-23-17-9-7-15-21(23)25(19-11-3-1-4-12-19)30(29)26(20-13-5-2-6-14-20)22-16-8-10-18-24(22)28/h1-18,25-26H. The highest BCUT2D eigenvalue weighted by Crippen LogP contribution is 2.43. The van der Waals surface area contributed by atoms with Crippen LogP contribution < -0.4 is 0 Å². The Morgan fingerprint density at radius 2 is 0.833 bits per heavy atom. The molecule has 4 heteroatoms. The van der Waals surface area contributed by atoms with Crippen molar-refractivity contribution < 1.29 is 13.3 Å². The van der Waals surface area contributed by atoms with Crippen molar-refractivity contribution in [2.45, 2.75) is 10.5 Å². The highest BCUT2D eigenvalue weighted by molar-refractivity contribution is 7.92. The first kappa shape index (κ1) is 20.3. The third-order valence-corrected chi connectivity index (χ3v) is 7.03. The zero-order chi connectivity index (χ0) is 20.9. The summed E-state index contributed by atoms with van der Waals surface area (Å²) in [7, 11) is 0. The van der Waals surface area contributed by atoms with Crippen LogP contribution in [0, 0.1) is 11.6 Å². The van der Waals surface area contributed by atoms with E-state index in [2.05, 4.69) is 0 Å². The van der Waals surface area contributed by atoms with Gasteiger partial charge < -0.3 is 4.55 Å². The number of benzene rings is 4. The first-order chi connectivity index (χ1) is 14.7. The maximum Gasteiger partial charge on any atom is 0.169 e. The summed E-state index contributed by atoms with van der Waals surface area (Å²) in [5.74, 6) is -0.861. The minimum atomic E-state index is -1.70. The van der Waals surface area contributed by atoms with Crippen molar-refractivity contribution in [3.05, 3.63) is 143 Å². The van der Waals surface area contributed by atoms with E-state index in [1.807, 2.05) is 60.7 Å². The summed E-state index contributed by atoms with van der Waals surface area (Å²) in [5.41, 5.74) is 2.11. The van der Waals surface area contributed by atoms with Crippen LogP contribution in [0.3, 0.4) is 0 Å². The molecular formula is C26H20F2OS. The topological polar surface area (TPSA) is 23.1 Å². The molecule has 0 radical (unpaired) electrons. The van der Waals surface area contributed by atoms with E-state index in [0.29, 0.717) is 11.1 Å². The van der Waals surface area contributed by atoms with Gasteiger partial charge in [0.15, 0.2) is 10.5 Å². The van der Waals surface area contributed by atoms with E-state index in [9.17, 15) is 13.3 Å². The van der Waals surface area contributed by atoms with Gasteiger partial charge in [-0.15, -0.1) is 0 Å². The van der Waals surface area contributed by atoms with Crippen LogP contribution in [0.5, 0.6) is 0 Å². The quantitative estimate of drug-likeness (QED) is 0.324. The lowest BCUT2D eigenvalue weighted by atomic mass is 10.0. The van der Waals surface area contributed by atoms with Gasteiger partial charge in [-0.2, -0.15) is 0 Å². The fourth-order valence-electron chi connectivity index (χ4n) is 3.64. The van der Waals surface area contributed by atoms with E-state index in [1.54, 1.807) is 36.4 Å². The number of rotatable bonds is 6. The van der Waals surface area contributed by atoms with Crippen molar-refractivity contribution in [3.63, 3.8) is 0 Å². The first-order valence-corrected chi connectivity index (χ1v) is 10.9. The van der Waals surface area contributed by atoms with Crippen molar-refractivity contribution in [3.8, 4) is 0 Å². The van der Waals surface area contributed by atoms with E-state index in [-0.39, 0.29) is 0 Å². The Hall–Kier alpha value is -2.95. The molecule has 0 aliphatic carbocycles. The van der Waals surface area contributed by atoms with Crippen molar-refractivity contribution >= 4 is 11.2 Å². The molecule has 2 unspecified atom stereocenters. The van der Waals surface area contributed by atoms with Gasteiger partial charge in [-0.1, -0.05) is 97.1 Å². The summed E-state index contributed by atoms with van der Waals surface area (Å²) in [5, 5.41) is -1.51. The molecule has 0 amide bonds. The number of hydrogen-bond donors (Lipinski definition) is 0. The molecule has 0 heterocycles. The van der Waals surface area contributed by atoms with Crippen molar-refractivity contribution in [1.29, 1.82) is 0 Å². The van der Waals surface area contributed by atoms with E-state index >= 15 is 0 Å². The fraction of sp³-hybridized carbons (Fsp3) is 0.0769. The normalized spacial score (nSPS) is 14.1. The van der Waals surface area contributed by atoms with Gasteiger partial charge in [-0.25, -0.2) is 8.78 Å². The second-order valence-electron chi connectivity index (χ2n) is 6.95. The molecular weight excluding hydrogens is 398 g/mol. The summed E-state index contributed by atoms with van der Waals surface area (Å²) in [6.45, 7) is 0. The van der Waals surface area contributed by atoms with Crippen LogP contribution in [-0.2, 0) is 11.2 Å². The van der Waals surface area contributed by atoms with E-state index in [0.717, 1.165) is 11.1 Å². The largest absolute Gasteiger partial charge is 0.615 e. The van der Waals surface area contributed by atoms with Crippen LogP contribution in [0.2, 0.25) is 0 Å². The lowest BCUT2D eigenvalue weighted by Gasteiger charge is -2.30. The molecule has 2 atom stereocenters. The molecule has 0 N–H and O–H groups in total. The predicted molar refractivity (Wildman–Crippen MR) is 118 cm³/mol. The zero-order valence-electron chi connectivity index (χ0n) is 16.1. The Morgan fingerprint density at radius 1 is 0.500 bits per heavy atom. The monoisotopic (exact) mass is 418 g/mol. The molecule has 4 aromatic rings. The van der Waals surface area contributed by atoms with Crippen molar-refractivity contribution in [2.24, 2.45) is 0 Å². The van der Waals surface area contributed by atoms with Gasteiger partial charge in [-0.3, -0.25) is 0 Å². The van der Waals surface area contributed by atoms with Gasteiger partial charge >= 0.3 is 0 Å². The third kappa shape index (κ3) is 4.16. The molecule has 0 aliphatic rings. The highest BCUT2D eigenvalue weighted by Gasteiger charge is 2.38. The summed E-state index contributed by atoms with van der Waals surface area (Å²) >= 11 is -1.70. The fourth-order valence-corrected chi connectivity index (χ4v) is 5.65. The summed E-state index contributed by atoms with van der Waals surface area (Å²) < 4.78 is 43.8. The molecule has 0 saturated carbocycles. The Balaban J connectivity index is 1.90. The SMILES string of the molecule is [O-][S+](C(c1ccccc1)c1ccccc1F)C(c1ccccc1)c1ccccc1F. The molecule has 0 bridgehead atoms. The molecule has 0 aromatic heterocycles. The Morgan fingerprint density at radius 3 is 1.20 bits per heavy atom. The van der Waals surface area contributed by atoms with Gasteiger partial charge in [0.1, 0.15) is 11.6 Å². The Labute approximate surface area is 178 Å². The smallest absolute Gasteiger partial charge is 0.169 e. The summed E-state index contributed by atoms with van der Waals surface area (Å²) in [6.07, 6.45) is 0. The molecule has 1 nitrogen and oxygen atoms in total. The average Bonchev–Trinajstić information content (AvgIpc) is 2.78. The van der Waals surface area contributed by atoms with Crippen molar-refractivity contribution in [2.75, 3.05) is 0 Å². The van der Waals surface area contributed by atoms with E-state index in [1.165, 1.54) is 12.1 Å². The molecule has 30 heavy (non-hydrogen) atoms. The molecule has 4 aromatic carbocycles. The molecule has 0 saturated heterocycles. The van der Waals surface area contributed by atoms with Crippen LogP contribution >= 0.6 is 0 Å². The van der Waals surface area contributed by atoms with Gasteiger partial charge in [-0.05, 0) is 23.3 Å². The van der Waals surface area contributed by atoms with Crippen LogP contribution in [-0.4, -0.2) is 4.55 Å². The lowest BCUT2D eigenvalue weighted by molar-refractivity contribution is 0.564. The van der Waals surface area contributed by atoms with E-state index < -0.39 is 33.3 Å². The zero-order valence-corrected chi connectivity index (χ0v) is 16.9. The van der Waals surface area contributed by atoms with E-state index in [4.69, 9.17) is 0 Å². The Bertz CT molecular complexity index is 1010. The molecule has 0 fully saturated rings. The summed E-state index contributed by atoms with van der Waals surface area (Å²) in [6, 6.07) is 31.1. The van der Waals surface area contributed by atoms with Gasteiger partial charge in [0, 0.05) is 22.3 Å². The van der Waals surface area contributed by atoms with Gasteiger partial charge in [0.25, 0.3) is 0 Å². The second-order valence-corrected chi connectivity index (χ2v) is 8.55.